The molecule has 0 amide bonds. The lowest BCUT2D eigenvalue weighted by Crippen LogP contribution is -1.82. The van der Waals surface area contributed by atoms with E-state index in [2.05, 4.69) is 5.16 Å². The van der Waals surface area contributed by atoms with Gasteiger partial charge in [-0.2, -0.15) is 0 Å². The third-order valence-electron chi connectivity index (χ3n) is 1.63. The first kappa shape index (κ1) is 6.97. The number of rotatable bonds is 1. The van der Waals surface area contributed by atoms with Crippen molar-refractivity contribution in [2.24, 2.45) is 0 Å². The molecular weight excluding hydrogens is 161 g/mol. The van der Waals surface area contributed by atoms with Crippen LogP contribution in [0.15, 0.2) is 22.9 Å². The summed E-state index contributed by atoms with van der Waals surface area (Å²) in [5, 5.41) is 3.63. The van der Waals surface area contributed by atoms with E-state index in [9.17, 15) is 9.18 Å². The van der Waals surface area contributed by atoms with Crippen molar-refractivity contribution >= 4 is 17.3 Å². The van der Waals surface area contributed by atoms with Crippen LogP contribution in [-0.2, 0) is 0 Å². The maximum Gasteiger partial charge on any atom is 0.180 e. The summed E-state index contributed by atoms with van der Waals surface area (Å²) in [6.45, 7) is 0. The molecule has 0 aliphatic heterocycles. The molecule has 0 saturated carbocycles. The van der Waals surface area contributed by atoms with Crippen LogP contribution in [0.3, 0.4) is 0 Å². The minimum atomic E-state index is -0.433. The molecule has 0 spiro atoms. The molecule has 0 atom stereocenters. The van der Waals surface area contributed by atoms with Crippen molar-refractivity contribution in [3.8, 4) is 0 Å². The van der Waals surface area contributed by atoms with E-state index >= 15 is 0 Å². The zero-order valence-corrected chi connectivity index (χ0v) is 5.95. The van der Waals surface area contributed by atoms with Crippen LogP contribution in [0.4, 0.5) is 4.39 Å². The second-order valence-corrected chi connectivity index (χ2v) is 2.32. The first-order chi connectivity index (χ1) is 5.83. The van der Waals surface area contributed by atoms with Gasteiger partial charge >= 0.3 is 0 Å². The molecule has 12 heavy (non-hydrogen) atoms. The zero-order chi connectivity index (χ0) is 8.55. The van der Waals surface area contributed by atoms with E-state index in [0.29, 0.717) is 11.8 Å². The van der Waals surface area contributed by atoms with E-state index in [1.54, 1.807) is 0 Å². The molecule has 1 heterocycles. The molecule has 0 aliphatic carbocycles. The lowest BCUT2D eigenvalue weighted by atomic mass is 10.2. The van der Waals surface area contributed by atoms with Gasteiger partial charge in [-0.25, -0.2) is 4.39 Å². The first-order valence-electron chi connectivity index (χ1n) is 3.31. The Balaban J connectivity index is 2.91. The second kappa shape index (κ2) is 2.41. The van der Waals surface area contributed by atoms with Crippen molar-refractivity contribution in [2.45, 2.75) is 0 Å². The maximum atomic E-state index is 12.9. The number of hydrogen-bond acceptors (Lipinski definition) is 3. The molecule has 0 fully saturated rings. The SMILES string of the molecule is O=Cc1ccc(F)c2cnoc12. The monoisotopic (exact) mass is 165 g/mol. The Kier molecular flexibility index (Phi) is 1.40. The van der Waals surface area contributed by atoms with Gasteiger partial charge in [-0.3, -0.25) is 4.79 Å². The molecule has 4 heteroatoms. The summed E-state index contributed by atoms with van der Waals surface area (Å²) in [7, 11) is 0. The van der Waals surface area contributed by atoms with Gasteiger partial charge in [0.25, 0.3) is 0 Å². The summed E-state index contributed by atoms with van der Waals surface area (Å²) in [6.07, 6.45) is 1.85. The van der Waals surface area contributed by atoms with Gasteiger partial charge in [-0.15, -0.1) is 0 Å². The average molecular weight is 165 g/mol. The van der Waals surface area contributed by atoms with E-state index in [1.807, 2.05) is 0 Å². The Morgan fingerprint density at radius 1 is 1.50 bits per heavy atom. The Morgan fingerprint density at radius 2 is 2.33 bits per heavy atom. The predicted octanol–water partition coefficient (Wildman–Crippen LogP) is 1.78. The molecule has 0 N–H and O–H groups in total. The van der Waals surface area contributed by atoms with Gasteiger partial charge in [0.15, 0.2) is 11.9 Å². The minimum Gasteiger partial charge on any atom is -0.355 e. The van der Waals surface area contributed by atoms with Crippen LogP contribution in [0.5, 0.6) is 0 Å². The van der Waals surface area contributed by atoms with E-state index in [1.165, 1.54) is 18.3 Å². The Hall–Kier alpha value is -1.71. The molecule has 0 aliphatic rings. The largest absolute Gasteiger partial charge is 0.355 e. The van der Waals surface area contributed by atoms with Crippen LogP contribution in [-0.4, -0.2) is 11.4 Å². The molecule has 0 saturated heterocycles. The summed E-state index contributed by atoms with van der Waals surface area (Å²) < 4.78 is 17.6. The van der Waals surface area contributed by atoms with Crippen LogP contribution in [0.1, 0.15) is 10.4 Å². The fraction of sp³-hybridized carbons (Fsp3) is 0. The first-order valence-corrected chi connectivity index (χ1v) is 3.31. The summed E-state index contributed by atoms with van der Waals surface area (Å²) in [5.41, 5.74) is 0.508. The molecule has 2 aromatic rings. The van der Waals surface area contributed by atoms with E-state index < -0.39 is 5.82 Å². The van der Waals surface area contributed by atoms with Gasteiger partial charge in [0.1, 0.15) is 5.82 Å². The molecule has 0 radical (unpaired) electrons. The van der Waals surface area contributed by atoms with Crippen molar-refractivity contribution in [2.75, 3.05) is 0 Å². The molecular formula is C8H4FNO2. The molecule has 0 bridgehead atoms. The molecule has 60 valence electrons. The van der Waals surface area contributed by atoms with Gasteiger partial charge in [-0.1, -0.05) is 5.16 Å². The number of fused-ring (bicyclic) bond motifs is 1. The average Bonchev–Trinajstić information content (AvgIpc) is 2.54. The highest BCUT2D eigenvalue weighted by Gasteiger charge is 2.08. The zero-order valence-electron chi connectivity index (χ0n) is 5.95. The van der Waals surface area contributed by atoms with E-state index in [-0.39, 0.29) is 11.0 Å². The molecule has 1 aromatic carbocycles. The third kappa shape index (κ3) is 0.812. The molecule has 0 unspecified atom stereocenters. The summed E-state index contributed by atoms with van der Waals surface area (Å²) in [6, 6.07) is 2.57. The normalized spacial score (nSPS) is 10.4. The van der Waals surface area contributed by atoms with Crippen LogP contribution >= 0.6 is 0 Å². The number of aromatic nitrogens is 1. The highest BCUT2D eigenvalue weighted by molar-refractivity contribution is 5.94. The highest BCUT2D eigenvalue weighted by Crippen LogP contribution is 2.19. The summed E-state index contributed by atoms with van der Waals surface area (Å²) in [5.74, 6) is -0.433. The van der Waals surface area contributed by atoms with Crippen molar-refractivity contribution < 1.29 is 13.7 Å². The van der Waals surface area contributed by atoms with Gasteiger partial charge in [0.2, 0.25) is 0 Å². The lowest BCUT2D eigenvalue weighted by molar-refractivity contribution is 0.112. The second-order valence-electron chi connectivity index (χ2n) is 2.32. The number of carbonyl (C=O) groups is 1. The smallest absolute Gasteiger partial charge is 0.180 e. The standard InChI is InChI=1S/C8H4FNO2/c9-7-2-1-5(4-11)8-6(7)3-10-12-8/h1-4H. The van der Waals surface area contributed by atoms with E-state index in [0.717, 1.165) is 0 Å². The van der Waals surface area contributed by atoms with Gasteiger partial charge in [-0.05, 0) is 12.1 Å². The lowest BCUT2D eigenvalue weighted by Gasteiger charge is -1.91. The van der Waals surface area contributed by atoms with Crippen molar-refractivity contribution in [1.82, 2.24) is 5.16 Å². The van der Waals surface area contributed by atoms with Crippen molar-refractivity contribution in [3.05, 3.63) is 29.7 Å². The Labute approximate surface area is 66.8 Å². The predicted molar refractivity (Wildman–Crippen MR) is 39.4 cm³/mol. The Morgan fingerprint density at radius 3 is 3.08 bits per heavy atom. The summed E-state index contributed by atoms with van der Waals surface area (Å²) in [4.78, 5) is 10.4. The molecule has 1 aromatic heterocycles. The molecule has 2 rings (SSSR count). The topological polar surface area (TPSA) is 43.1 Å². The van der Waals surface area contributed by atoms with Crippen LogP contribution in [0.25, 0.3) is 11.0 Å². The summed E-state index contributed by atoms with van der Waals surface area (Å²) >= 11 is 0. The van der Waals surface area contributed by atoms with Gasteiger partial charge < -0.3 is 4.52 Å². The number of aldehydes is 1. The number of halogens is 1. The highest BCUT2D eigenvalue weighted by atomic mass is 19.1. The number of hydrogen-bond donors (Lipinski definition) is 0. The third-order valence-corrected chi connectivity index (χ3v) is 1.63. The fourth-order valence-electron chi connectivity index (χ4n) is 1.04. The van der Waals surface area contributed by atoms with Crippen LogP contribution in [0.2, 0.25) is 0 Å². The number of nitrogens with zero attached hydrogens (tertiary/aromatic N) is 1. The Bertz CT molecular complexity index is 436. The van der Waals surface area contributed by atoms with Crippen LogP contribution < -0.4 is 0 Å². The number of carbonyl (C=O) groups excluding carboxylic acids is 1. The maximum absolute atomic E-state index is 12.9. The number of benzene rings is 1. The van der Waals surface area contributed by atoms with Gasteiger partial charge in [0.05, 0.1) is 17.1 Å². The van der Waals surface area contributed by atoms with Gasteiger partial charge in [0, 0.05) is 0 Å². The minimum absolute atomic E-state index is 0.199. The van der Waals surface area contributed by atoms with E-state index in [4.69, 9.17) is 4.52 Å². The van der Waals surface area contributed by atoms with Crippen molar-refractivity contribution in [3.63, 3.8) is 0 Å². The fourth-order valence-corrected chi connectivity index (χ4v) is 1.04. The van der Waals surface area contributed by atoms with Crippen molar-refractivity contribution in [1.29, 1.82) is 0 Å². The quantitative estimate of drug-likeness (QED) is 0.605. The van der Waals surface area contributed by atoms with Crippen LogP contribution in [0, 0.1) is 5.82 Å². The molecule has 3 nitrogen and oxygen atoms in total.